The van der Waals surface area contributed by atoms with Gasteiger partial charge in [0.2, 0.25) is 5.91 Å². The number of nitrogens with zero attached hydrogens (tertiary/aromatic N) is 1. The molecular weight excluding hydrogens is 471 g/mol. The Kier molecular flexibility index (Phi) is 6.61. The van der Waals surface area contributed by atoms with Crippen LogP contribution >= 0.6 is 0 Å². The van der Waals surface area contributed by atoms with E-state index in [4.69, 9.17) is 0 Å². The van der Waals surface area contributed by atoms with E-state index in [9.17, 15) is 31.5 Å². The maximum Gasteiger partial charge on any atom is 0.416 e. The largest absolute Gasteiger partial charge is 0.465 e. The van der Waals surface area contributed by atoms with Crippen LogP contribution in [0.4, 0.5) is 22.0 Å². The number of rotatable bonds is 6. The van der Waals surface area contributed by atoms with Gasteiger partial charge in [-0.25, -0.2) is 13.6 Å². The zero-order valence-corrected chi connectivity index (χ0v) is 19.0. The zero-order valence-electron chi connectivity index (χ0n) is 19.0. The van der Waals surface area contributed by atoms with Gasteiger partial charge in [0.05, 0.1) is 29.8 Å². The van der Waals surface area contributed by atoms with E-state index in [0.29, 0.717) is 24.0 Å². The monoisotopic (exact) mass is 496 g/mol. The Morgan fingerprint density at radius 3 is 2.37 bits per heavy atom. The highest BCUT2D eigenvalue weighted by atomic mass is 19.4. The molecule has 0 radical (unpaired) electrons. The Labute approximate surface area is 199 Å². The van der Waals surface area contributed by atoms with Crippen LogP contribution in [0.1, 0.15) is 52.7 Å². The van der Waals surface area contributed by atoms with Gasteiger partial charge in [0, 0.05) is 25.9 Å². The molecule has 5 nitrogen and oxygen atoms in total. The summed E-state index contributed by atoms with van der Waals surface area (Å²) in [5, 5.41) is 2.90. The van der Waals surface area contributed by atoms with Crippen molar-refractivity contribution in [2.45, 2.75) is 55.9 Å². The number of esters is 1. The molecule has 1 atom stereocenters. The molecule has 1 aliphatic heterocycles. The molecule has 1 aliphatic carbocycles. The molecule has 1 N–H and O–H groups in total. The maximum absolute atomic E-state index is 14.3. The van der Waals surface area contributed by atoms with Gasteiger partial charge in [0.1, 0.15) is 0 Å². The van der Waals surface area contributed by atoms with Crippen molar-refractivity contribution < 1.29 is 36.3 Å². The molecule has 1 unspecified atom stereocenters. The summed E-state index contributed by atoms with van der Waals surface area (Å²) in [6.45, 7) is -0.179. The lowest BCUT2D eigenvalue weighted by atomic mass is 9.95. The summed E-state index contributed by atoms with van der Waals surface area (Å²) < 4.78 is 72.5. The van der Waals surface area contributed by atoms with E-state index < -0.39 is 54.0 Å². The molecule has 188 valence electrons. The smallest absolute Gasteiger partial charge is 0.416 e. The van der Waals surface area contributed by atoms with E-state index in [1.54, 1.807) is 24.3 Å². The summed E-state index contributed by atoms with van der Waals surface area (Å²) in [4.78, 5) is 26.4. The topological polar surface area (TPSA) is 58.6 Å². The molecule has 0 spiro atoms. The first-order valence-electron chi connectivity index (χ1n) is 11.2. The highest BCUT2D eigenvalue weighted by Crippen LogP contribution is 2.46. The summed E-state index contributed by atoms with van der Waals surface area (Å²) in [5.74, 6) is -4.14. The van der Waals surface area contributed by atoms with Crippen molar-refractivity contribution in [1.29, 1.82) is 0 Å². The molecule has 4 rings (SSSR count). The van der Waals surface area contributed by atoms with E-state index in [1.165, 1.54) is 24.1 Å². The molecule has 1 saturated heterocycles. The van der Waals surface area contributed by atoms with Gasteiger partial charge in [-0.2, -0.15) is 13.2 Å². The number of ether oxygens (including phenoxy) is 1. The molecular formula is C25H25F5N2O3. The predicted octanol–water partition coefficient (Wildman–Crippen LogP) is 4.90. The lowest BCUT2D eigenvalue weighted by Gasteiger charge is -2.39. The average Bonchev–Trinajstić information content (AvgIpc) is 3.60. The van der Waals surface area contributed by atoms with Gasteiger partial charge in [-0.05, 0) is 42.2 Å². The third-order valence-electron chi connectivity index (χ3n) is 6.61. The average molecular weight is 496 g/mol. The minimum Gasteiger partial charge on any atom is -0.465 e. The first-order chi connectivity index (χ1) is 16.4. The van der Waals surface area contributed by atoms with Crippen LogP contribution in [-0.2, 0) is 27.8 Å². The normalized spacial score (nSPS) is 21.3. The van der Waals surface area contributed by atoms with Gasteiger partial charge >= 0.3 is 12.1 Å². The van der Waals surface area contributed by atoms with Crippen molar-refractivity contribution in [2.75, 3.05) is 13.7 Å². The minimum absolute atomic E-state index is 0.0566. The van der Waals surface area contributed by atoms with Crippen LogP contribution in [0.25, 0.3) is 0 Å². The van der Waals surface area contributed by atoms with E-state index in [-0.39, 0.29) is 13.1 Å². The Morgan fingerprint density at radius 2 is 1.77 bits per heavy atom. The van der Waals surface area contributed by atoms with Crippen molar-refractivity contribution >= 4 is 11.9 Å². The lowest BCUT2D eigenvalue weighted by molar-refractivity contribution is -0.139. The summed E-state index contributed by atoms with van der Waals surface area (Å²) >= 11 is 0. The van der Waals surface area contributed by atoms with Crippen molar-refractivity contribution in [3.05, 3.63) is 70.8 Å². The number of likely N-dealkylation sites (tertiary alicyclic amines) is 1. The standard InChI is InChI=1S/C25H25F5N2O3/c1-35-22(34)17-5-7-18(8-6-17)23(9-10-23)31-21(33)20-14-24(26,27)11-12-32(20)15-16-3-2-4-19(13-16)25(28,29)30/h2-8,13,20H,9-12,14-15H2,1H3,(H,31,33). The van der Waals surface area contributed by atoms with E-state index in [0.717, 1.165) is 17.7 Å². The number of carbonyl (C=O) groups excluding carboxylic acids is 2. The van der Waals surface area contributed by atoms with Gasteiger partial charge < -0.3 is 10.1 Å². The van der Waals surface area contributed by atoms with Gasteiger partial charge in [-0.1, -0.05) is 30.3 Å². The molecule has 2 aromatic rings. The number of methoxy groups -OCH3 is 1. The summed E-state index contributed by atoms with van der Waals surface area (Å²) in [6.07, 6.45) is -4.51. The summed E-state index contributed by atoms with van der Waals surface area (Å²) in [7, 11) is 1.27. The second kappa shape index (κ2) is 9.22. The SMILES string of the molecule is COC(=O)c1ccc(C2(NC(=O)C3CC(F)(F)CCN3Cc3cccc(C(F)(F)F)c3)CC2)cc1. The summed E-state index contributed by atoms with van der Waals surface area (Å²) in [5.41, 5.74) is -0.170. The number of hydrogen-bond donors (Lipinski definition) is 1. The summed E-state index contributed by atoms with van der Waals surface area (Å²) in [6, 6.07) is 10.0. The fourth-order valence-corrected chi connectivity index (χ4v) is 4.48. The van der Waals surface area contributed by atoms with Crippen molar-refractivity contribution in [3.8, 4) is 0 Å². The number of hydrogen-bond acceptors (Lipinski definition) is 4. The molecule has 0 aromatic heterocycles. The zero-order chi connectivity index (χ0) is 25.4. The molecule has 1 saturated carbocycles. The van der Waals surface area contributed by atoms with Crippen molar-refractivity contribution in [2.24, 2.45) is 0 Å². The molecule has 1 heterocycles. The molecule has 1 amide bonds. The Morgan fingerprint density at radius 1 is 1.09 bits per heavy atom. The number of benzene rings is 2. The number of alkyl halides is 5. The third-order valence-corrected chi connectivity index (χ3v) is 6.61. The second-order valence-corrected chi connectivity index (χ2v) is 9.13. The van der Waals surface area contributed by atoms with Crippen LogP contribution in [0.3, 0.4) is 0 Å². The number of amides is 1. The van der Waals surface area contributed by atoms with E-state index >= 15 is 0 Å². The van der Waals surface area contributed by atoms with Crippen LogP contribution in [0.2, 0.25) is 0 Å². The van der Waals surface area contributed by atoms with Gasteiger partial charge in [0.15, 0.2) is 0 Å². The fraction of sp³-hybridized carbons (Fsp3) is 0.440. The lowest BCUT2D eigenvalue weighted by Crippen LogP contribution is -2.55. The highest BCUT2D eigenvalue weighted by Gasteiger charge is 2.49. The number of carbonyl (C=O) groups is 2. The first kappa shape index (κ1) is 25.1. The van der Waals surface area contributed by atoms with Gasteiger partial charge in [-0.3, -0.25) is 9.69 Å². The van der Waals surface area contributed by atoms with E-state index in [2.05, 4.69) is 10.1 Å². The first-order valence-corrected chi connectivity index (χ1v) is 11.2. The molecule has 2 aromatic carbocycles. The Bertz CT molecular complexity index is 1100. The molecule has 0 bridgehead atoms. The molecule has 10 heteroatoms. The van der Waals surface area contributed by atoms with Crippen LogP contribution in [0.5, 0.6) is 0 Å². The van der Waals surface area contributed by atoms with Crippen LogP contribution < -0.4 is 5.32 Å². The number of halogens is 5. The number of piperidine rings is 1. The predicted molar refractivity (Wildman–Crippen MR) is 117 cm³/mol. The fourth-order valence-electron chi connectivity index (χ4n) is 4.48. The van der Waals surface area contributed by atoms with Crippen molar-refractivity contribution in [3.63, 3.8) is 0 Å². The highest BCUT2D eigenvalue weighted by molar-refractivity contribution is 5.89. The van der Waals surface area contributed by atoms with Crippen molar-refractivity contribution in [1.82, 2.24) is 10.2 Å². The molecule has 2 aliphatic rings. The molecule has 2 fully saturated rings. The maximum atomic E-state index is 14.3. The molecule has 35 heavy (non-hydrogen) atoms. The van der Waals surface area contributed by atoms with Crippen LogP contribution in [0, 0.1) is 0 Å². The quantitative estimate of drug-likeness (QED) is 0.457. The third kappa shape index (κ3) is 5.63. The minimum atomic E-state index is -4.52. The van der Waals surface area contributed by atoms with Crippen LogP contribution in [-0.4, -0.2) is 42.4 Å². The van der Waals surface area contributed by atoms with Crippen LogP contribution in [0.15, 0.2) is 48.5 Å². The van der Waals surface area contributed by atoms with Gasteiger partial charge in [-0.15, -0.1) is 0 Å². The Balaban J connectivity index is 1.51. The second-order valence-electron chi connectivity index (χ2n) is 9.13. The number of nitrogens with one attached hydrogen (secondary N) is 1. The van der Waals surface area contributed by atoms with E-state index in [1.807, 2.05) is 0 Å². The Hall–Kier alpha value is -3.01. The van der Waals surface area contributed by atoms with Gasteiger partial charge in [0.25, 0.3) is 5.92 Å².